The van der Waals surface area contributed by atoms with Gasteiger partial charge in [0.25, 0.3) is 0 Å². The average molecular weight is 234 g/mol. The Labute approximate surface area is 101 Å². The predicted octanol–water partition coefficient (Wildman–Crippen LogP) is 1.38. The van der Waals surface area contributed by atoms with Gasteiger partial charge in [-0.15, -0.1) is 0 Å². The maximum Gasteiger partial charge on any atom is 0.239 e. The molecule has 0 aromatic heterocycles. The minimum Gasteiger partial charge on any atom is -0.355 e. The minimum atomic E-state index is -0.221. The third-order valence-electron chi connectivity index (χ3n) is 2.84. The normalized spacial score (nSPS) is 20.7. The molecule has 4 heteroatoms. The van der Waals surface area contributed by atoms with E-state index in [2.05, 4.69) is 10.8 Å². The van der Waals surface area contributed by atoms with E-state index < -0.39 is 0 Å². The lowest BCUT2D eigenvalue weighted by molar-refractivity contribution is -0.127. The van der Waals surface area contributed by atoms with Gasteiger partial charge in [-0.3, -0.25) is 9.63 Å². The Morgan fingerprint density at radius 1 is 1.29 bits per heavy atom. The number of rotatable bonds is 4. The highest BCUT2D eigenvalue weighted by Crippen LogP contribution is 2.06. The first-order chi connectivity index (χ1) is 8.36. The fourth-order valence-electron chi connectivity index (χ4n) is 1.85. The summed E-state index contributed by atoms with van der Waals surface area (Å²) in [7, 11) is 0. The quantitative estimate of drug-likeness (QED) is 0.774. The Morgan fingerprint density at radius 3 is 2.94 bits per heavy atom. The lowest BCUT2D eigenvalue weighted by Crippen LogP contribution is -2.42. The minimum absolute atomic E-state index is 0.0376. The van der Waals surface area contributed by atoms with E-state index in [9.17, 15) is 4.79 Å². The lowest BCUT2D eigenvalue weighted by Gasteiger charge is -2.14. The van der Waals surface area contributed by atoms with Gasteiger partial charge in [-0.25, -0.2) is 0 Å². The summed E-state index contributed by atoms with van der Waals surface area (Å²) >= 11 is 0. The Hall–Kier alpha value is -1.39. The summed E-state index contributed by atoms with van der Waals surface area (Å²) in [6, 6.07) is 9.68. The van der Waals surface area contributed by atoms with Gasteiger partial charge in [-0.1, -0.05) is 30.3 Å². The zero-order valence-corrected chi connectivity index (χ0v) is 9.82. The van der Waals surface area contributed by atoms with Crippen molar-refractivity contribution in [2.24, 2.45) is 0 Å². The topological polar surface area (TPSA) is 50.4 Å². The summed E-state index contributed by atoms with van der Waals surface area (Å²) in [5, 5.41) is 2.86. The highest BCUT2D eigenvalue weighted by atomic mass is 16.6. The molecule has 1 saturated heterocycles. The van der Waals surface area contributed by atoms with Crippen LogP contribution >= 0.6 is 0 Å². The molecule has 0 saturated carbocycles. The second-order valence-electron chi connectivity index (χ2n) is 4.23. The average Bonchev–Trinajstić information content (AvgIpc) is 2.56. The maximum atomic E-state index is 11.6. The third-order valence-corrected chi connectivity index (χ3v) is 2.84. The van der Waals surface area contributed by atoms with Crippen LogP contribution in [0, 0.1) is 0 Å². The van der Waals surface area contributed by atoms with E-state index in [1.807, 2.05) is 30.3 Å². The molecule has 1 heterocycles. The Bertz CT molecular complexity index is 354. The summed E-state index contributed by atoms with van der Waals surface area (Å²) in [4.78, 5) is 17.0. The number of nitrogens with one attached hydrogen (secondary N) is 2. The standard InChI is InChI=1S/C13H18N2O2/c16-13-12(8-4-5-9-14-13)15-17-10-11-6-2-1-3-7-11/h1-3,6-7,12,15H,4-5,8-10H2,(H,14,16). The second kappa shape index (κ2) is 6.37. The number of benzene rings is 1. The van der Waals surface area contributed by atoms with E-state index in [-0.39, 0.29) is 11.9 Å². The van der Waals surface area contributed by atoms with Gasteiger partial charge in [0.15, 0.2) is 0 Å². The molecule has 2 N–H and O–H groups in total. The third kappa shape index (κ3) is 3.84. The number of hydrogen-bond donors (Lipinski definition) is 2. The van der Waals surface area contributed by atoms with E-state index in [0.717, 1.165) is 31.4 Å². The molecule has 1 amide bonds. The molecule has 0 radical (unpaired) electrons. The molecule has 1 aromatic rings. The van der Waals surface area contributed by atoms with Gasteiger partial charge in [-0.05, 0) is 24.8 Å². The van der Waals surface area contributed by atoms with Gasteiger partial charge in [0.1, 0.15) is 6.04 Å². The van der Waals surface area contributed by atoms with Crippen LogP contribution in [-0.4, -0.2) is 18.5 Å². The molecule has 92 valence electrons. The summed E-state index contributed by atoms with van der Waals surface area (Å²) in [6.45, 7) is 1.25. The van der Waals surface area contributed by atoms with Crippen molar-refractivity contribution in [1.82, 2.24) is 10.8 Å². The predicted molar refractivity (Wildman–Crippen MR) is 65.0 cm³/mol. The summed E-state index contributed by atoms with van der Waals surface area (Å²) in [5.41, 5.74) is 3.94. The van der Waals surface area contributed by atoms with Crippen molar-refractivity contribution >= 4 is 5.91 Å². The SMILES string of the molecule is O=C1NCCCCC1NOCc1ccccc1. The Kier molecular flexibility index (Phi) is 4.53. The molecular weight excluding hydrogens is 216 g/mol. The van der Waals surface area contributed by atoms with Crippen molar-refractivity contribution in [2.45, 2.75) is 31.9 Å². The molecule has 0 bridgehead atoms. The first kappa shape index (κ1) is 12.1. The second-order valence-corrected chi connectivity index (χ2v) is 4.23. The van der Waals surface area contributed by atoms with Crippen LogP contribution in [0.3, 0.4) is 0 Å². The van der Waals surface area contributed by atoms with Gasteiger partial charge >= 0.3 is 0 Å². The maximum absolute atomic E-state index is 11.6. The van der Waals surface area contributed by atoms with Crippen molar-refractivity contribution < 1.29 is 9.63 Å². The molecule has 4 nitrogen and oxygen atoms in total. The van der Waals surface area contributed by atoms with Gasteiger partial charge in [0, 0.05) is 6.54 Å². The largest absolute Gasteiger partial charge is 0.355 e. The van der Waals surface area contributed by atoms with Gasteiger partial charge < -0.3 is 5.32 Å². The van der Waals surface area contributed by atoms with Crippen LogP contribution in [0.1, 0.15) is 24.8 Å². The van der Waals surface area contributed by atoms with Crippen molar-refractivity contribution in [3.05, 3.63) is 35.9 Å². The summed E-state index contributed by atoms with van der Waals surface area (Å²) in [6.07, 6.45) is 2.92. The molecule has 2 rings (SSSR count). The number of hydrogen-bond acceptors (Lipinski definition) is 3. The molecule has 1 unspecified atom stereocenters. The zero-order valence-electron chi connectivity index (χ0n) is 9.82. The van der Waals surface area contributed by atoms with Crippen LogP contribution in [0.2, 0.25) is 0 Å². The summed E-state index contributed by atoms with van der Waals surface area (Å²) in [5.74, 6) is 0.0376. The molecular formula is C13H18N2O2. The fourth-order valence-corrected chi connectivity index (χ4v) is 1.85. The molecule has 1 fully saturated rings. The molecule has 1 aliphatic rings. The van der Waals surface area contributed by atoms with E-state index in [1.165, 1.54) is 0 Å². The van der Waals surface area contributed by atoms with E-state index >= 15 is 0 Å². The first-order valence-electron chi connectivity index (χ1n) is 6.05. The van der Waals surface area contributed by atoms with Crippen LogP contribution in [0.4, 0.5) is 0 Å². The van der Waals surface area contributed by atoms with E-state index in [4.69, 9.17) is 4.84 Å². The van der Waals surface area contributed by atoms with E-state index in [0.29, 0.717) is 6.61 Å². The van der Waals surface area contributed by atoms with Crippen molar-refractivity contribution in [1.29, 1.82) is 0 Å². The molecule has 1 atom stereocenters. The molecule has 0 spiro atoms. The smallest absolute Gasteiger partial charge is 0.239 e. The van der Waals surface area contributed by atoms with Crippen molar-refractivity contribution in [3.63, 3.8) is 0 Å². The number of carbonyl (C=O) groups excluding carboxylic acids is 1. The van der Waals surface area contributed by atoms with Crippen LogP contribution in [-0.2, 0) is 16.2 Å². The Morgan fingerprint density at radius 2 is 2.12 bits per heavy atom. The van der Waals surface area contributed by atoms with Gasteiger partial charge in [0.2, 0.25) is 5.91 Å². The molecule has 1 aliphatic heterocycles. The summed E-state index contributed by atoms with van der Waals surface area (Å²) < 4.78 is 0. The zero-order chi connectivity index (χ0) is 11.9. The fraction of sp³-hybridized carbons (Fsp3) is 0.462. The van der Waals surface area contributed by atoms with E-state index in [1.54, 1.807) is 0 Å². The molecule has 1 aromatic carbocycles. The lowest BCUT2D eigenvalue weighted by atomic mass is 10.1. The number of carbonyl (C=O) groups is 1. The highest BCUT2D eigenvalue weighted by Gasteiger charge is 2.20. The van der Waals surface area contributed by atoms with Crippen LogP contribution in [0.25, 0.3) is 0 Å². The number of amides is 1. The first-order valence-corrected chi connectivity index (χ1v) is 6.05. The highest BCUT2D eigenvalue weighted by molar-refractivity contribution is 5.81. The van der Waals surface area contributed by atoms with Crippen LogP contribution in [0.15, 0.2) is 30.3 Å². The van der Waals surface area contributed by atoms with Gasteiger partial charge in [-0.2, -0.15) is 5.48 Å². The van der Waals surface area contributed by atoms with Crippen molar-refractivity contribution in [2.75, 3.05) is 6.54 Å². The van der Waals surface area contributed by atoms with Gasteiger partial charge in [0.05, 0.1) is 6.61 Å². The monoisotopic (exact) mass is 234 g/mol. The molecule has 0 aliphatic carbocycles. The Balaban J connectivity index is 1.75. The van der Waals surface area contributed by atoms with Crippen LogP contribution in [0.5, 0.6) is 0 Å². The number of hydroxylamine groups is 1. The van der Waals surface area contributed by atoms with Crippen molar-refractivity contribution in [3.8, 4) is 0 Å². The van der Waals surface area contributed by atoms with Crippen LogP contribution < -0.4 is 10.8 Å². The molecule has 17 heavy (non-hydrogen) atoms.